The summed E-state index contributed by atoms with van der Waals surface area (Å²) in [6.45, 7) is 5.70. The van der Waals surface area contributed by atoms with E-state index in [4.69, 9.17) is 9.47 Å². The Kier molecular flexibility index (Phi) is 4.79. The van der Waals surface area contributed by atoms with E-state index in [0.717, 1.165) is 42.4 Å². The molecule has 0 saturated carbocycles. The molecule has 1 aliphatic heterocycles. The first-order valence-corrected chi connectivity index (χ1v) is 8.29. The lowest BCUT2D eigenvalue weighted by molar-refractivity contribution is -0.223. The summed E-state index contributed by atoms with van der Waals surface area (Å²) < 4.78 is 11.4. The smallest absolute Gasteiger partial charge is 0.162 e. The van der Waals surface area contributed by atoms with Gasteiger partial charge in [-0.2, -0.15) is 0 Å². The molecule has 0 aliphatic carbocycles. The highest BCUT2D eigenvalue weighted by molar-refractivity contribution is 5.99. The standard InChI is InChI=1S/C20H24O3/c1-20(2)13-22-19(23-14-20)9-5-8-18(21)17-11-10-15-6-3-4-7-16(15)12-17/h3-4,6-7,10-12,19H,5,8-9,13-14H2,1-2H3. The third-order valence-electron chi connectivity index (χ3n) is 4.24. The number of hydrogen-bond acceptors (Lipinski definition) is 3. The van der Waals surface area contributed by atoms with Crippen molar-refractivity contribution in [3.8, 4) is 0 Å². The Morgan fingerprint density at radius 1 is 1.09 bits per heavy atom. The van der Waals surface area contributed by atoms with Crippen LogP contribution < -0.4 is 0 Å². The van der Waals surface area contributed by atoms with Crippen molar-refractivity contribution in [1.82, 2.24) is 0 Å². The van der Waals surface area contributed by atoms with Crippen molar-refractivity contribution in [2.24, 2.45) is 5.41 Å². The second-order valence-electron chi connectivity index (χ2n) is 7.09. The van der Waals surface area contributed by atoms with Crippen molar-refractivity contribution < 1.29 is 14.3 Å². The minimum atomic E-state index is -0.160. The van der Waals surface area contributed by atoms with Gasteiger partial charge in [-0.1, -0.05) is 50.2 Å². The number of carbonyl (C=O) groups is 1. The number of benzene rings is 2. The van der Waals surface area contributed by atoms with Crippen LogP contribution in [0.2, 0.25) is 0 Å². The summed E-state index contributed by atoms with van der Waals surface area (Å²) in [4.78, 5) is 12.4. The molecule has 1 fully saturated rings. The Labute approximate surface area is 137 Å². The Morgan fingerprint density at radius 3 is 2.52 bits per heavy atom. The maximum atomic E-state index is 12.4. The fourth-order valence-corrected chi connectivity index (χ4v) is 2.83. The van der Waals surface area contributed by atoms with Crippen LogP contribution >= 0.6 is 0 Å². The molecule has 0 unspecified atom stereocenters. The maximum absolute atomic E-state index is 12.4. The van der Waals surface area contributed by atoms with Crippen LogP contribution in [0.3, 0.4) is 0 Å². The summed E-state index contributed by atoms with van der Waals surface area (Å²) in [5.41, 5.74) is 0.882. The van der Waals surface area contributed by atoms with Crippen molar-refractivity contribution in [2.75, 3.05) is 13.2 Å². The van der Waals surface area contributed by atoms with E-state index >= 15 is 0 Å². The molecule has 3 rings (SSSR count). The van der Waals surface area contributed by atoms with E-state index in [1.165, 1.54) is 0 Å². The molecule has 3 heteroatoms. The Bertz CT molecular complexity index is 680. The van der Waals surface area contributed by atoms with Crippen LogP contribution in [0, 0.1) is 5.41 Å². The van der Waals surface area contributed by atoms with Crippen molar-refractivity contribution in [1.29, 1.82) is 0 Å². The summed E-state index contributed by atoms with van der Waals surface area (Å²) in [5, 5.41) is 2.27. The van der Waals surface area contributed by atoms with Crippen LogP contribution in [-0.4, -0.2) is 25.3 Å². The molecule has 0 bridgehead atoms. The molecule has 23 heavy (non-hydrogen) atoms. The summed E-state index contributed by atoms with van der Waals surface area (Å²) >= 11 is 0. The van der Waals surface area contributed by atoms with E-state index < -0.39 is 0 Å². The molecule has 0 aromatic heterocycles. The van der Waals surface area contributed by atoms with E-state index in [1.54, 1.807) is 0 Å². The number of ketones is 1. The predicted molar refractivity (Wildman–Crippen MR) is 91.6 cm³/mol. The molecule has 2 aromatic carbocycles. The lowest BCUT2D eigenvalue weighted by Gasteiger charge is -2.34. The highest BCUT2D eigenvalue weighted by Gasteiger charge is 2.28. The summed E-state index contributed by atoms with van der Waals surface area (Å²) in [6.07, 6.45) is 1.93. The second kappa shape index (κ2) is 6.81. The lowest BCUT2D eigenvalue weighted by atomic mass is 9.95. The zero-order chi connectivity index (χ0) is 16.3. The van der Waals surface area contributed by atoms with E-state index in [0.29, 0.717) is 6.42 Å². The zero-order valence-electron chi connectivity index (χ0n) is 13.9. The van der Waals surface area contributed by atoms with E-state index in [1.807, 2.05) is 36.4 Å². The van der Waals surface area contributed by atoms with Gasteiger partial charge in [0.1, 0.15) is 0 Å². The Hall–Kier alpha value is -1.71. The van der Waals surface area contributed by atoms with Gasteiger partial charge in [0.05, 0.1) is 13.2 Å². The van der Waals surface area contributed by atoms with Crippen molar-refractivity contribution in [3.63, 3.8) is 0 Å². The van der Waals surface area contributed by atoms with Crippen LogP contribution in [-0.2, 0) is 9.47 Å². The van der Waals surface area contributed by atoms with Gasteiger partial charge >= 0.3 is 0 Å². The van der Waals surface area contributed by atoms with Gasteiger partial charge in [0.25, 0.3) is 0 Å². The van der Waals surface area contributed by atoms with Crippen LogP contribution in [0.15, 0.2) is 42.5 Å². The highest BCUT2D eigenvalue weighted by atomic mass is 16.7. The van der Waals surface area contributed by atoms with Crippen molar-refractivity contribution >= 4 is 16.6 Å². The number of Topliss-reactive ketones (excluding diaryl/α,β-unsaturated/α-hetero) is 1. The molecule has 2 aromatic rings. The molecule has 1 aliphatic rings. The lowest BCUT2D eigenvalue weighted by Crippen LogP contribution is -2.37. The first kappa shape index (κ1) is 16.2. The fourth-order valence-electron chi connectivity index (χ4n) is 2.83. The number of fused-ring (bicyclic) bond motifs is 1. The van der Waals surface area contributed by atoms with E-state index in [-0.39, 0.29) is 17.5 Å². The van der Waals surface area contributed by atoms with Gasteiger partial charge in [-0.05, 0) is 29.7 Å². The molecule has 122 valence electrons. The molecule has 0 spiro atoms. The number of rotatable bonds is 5. The van der Waals surface area contributed by atoms with Gasteiger partial charge in [-0.25, -0.2) is 0 Å². The maximum Gasteiger partial charge on any atom is 0.162 e. The number of ether oxygens (including phenoxy) is 2. The molecule has 1 saturated heterocycles. The predicted octanol–water partition coefficient (Wildman–Crippen LogP) is 4.59. The minimum Gasteiger partial charge on any atom is -0.352 e. The first-order chi connectivity index (χ1) is 11.0. The molecule has 0 N–H and O–H groups in total. The second-order valence-corrected chi connectivity index (χ2v) is 7.09. The van der Waals surface area contributed by atoms with Crippen LogP contribution in [0.25, 0.3) is 10.8 Å². The first-order valence-electron chi connectivity index (χ1n) is 8.29. The van der Waals surface area contributed by atoms with Crippen molar-refractivity contribution in [3.05, 3.63) is 48.0 Å². The highest BCUT2D eigenvalue weighted by Crippen LogP contribution is 2.25. The van der Waals surface area contributed by atoms with Gasteiger partial charge in [-0.3, -0.25) is 4.79 Å². The Balaban J connectivity index is 1.51. The average Bonchev–Trinajstić information content (AvgIpc) is 2.56. The average molecular weight is 312 g/mol. The van der Waals surface area contributed by atoms with Gasteiger partial charge in [-0.15, -0.1) is 0 Å². The third kappa shape index (κ3) is 4.18. The molecular formula is C20H24O3. The van der Waals surface area contributed by atoms with Gasteiger partial charge < -0.3 is 9.47 Å². The third-order valence-corrected chi connectivity index (χ3v) is 4.24. The molecule has 1 heterocycles. The van der Waals surface area contributed by atoms with Gasteiger partial charge in [0.15, 0.2) is 12.1 Å². The monoisotopic (exact) mass is 312 g/mol. The molecule has 3 nitrogen and oxygen atoms in total. The fraction of sp³-hybridized carbons (Fsp3) is 0.450. The van der Waals surface area contributed by atoms with E-state index in [2.05, 4.69) is 19.9 Å². The van der Waals surface area contributed by atoms with Crippen LogP contribution in [0.1, 0.15) is 43.5 Å². The molecular weight excluding hydrogens is 288 g/mol. The summed E-state index contributed by atoms with van der Waals surface area (Å²) in [6, 6.07) is 14.0. The molecule has 0 radical (unpaired) electrons. The number of hydrogen-bond donors (Lipinski definition) is 0. The topological polar surface area (TPSA) is 35.5 Å². The van der Waals surface area contributed by atoms with E-state index in [9.17, 15) is 4.79 Å². The Morgan fingerprint density at radius 2 is 1.78 bits per heavy atom. The largest absolute Gasteiger partial charge is 0.352 e. The van der Waals surface area contributed by atoms with Crippen LogP contribution in [0.4, 0.5) is 0 Å². The van der Waals surface area contributed by atoms with Crippen LogP contribution in [0.5, 0.6) is 0 Å². The number of carbonyl (C=O) groups excluding carboxylic acids is 1. The summed E-state index contributed by atoms with van der Waals surface area (Å²) in [7, 11) is 0. The quantitative estimate of drug-likeness (QED) is 0.757. The molecule has 0 atom stereocenters. The van der Waals surface area contributed by atoms with Gasteiger partial charge in [0.2, 0.25) is 0 Å². The summed E-state index contributed by atoms with van der Waals surface area (Å²) in [5.74, 6) is 0.187. The molecule has 0 amide bonds. The SMILES string of the molecule is CC1(C)COC(CCCC(=O)c2ccc3ccccc3c2)OC1. The zero-order valence-corrected chi connectivity index (χ0v) is 13.9. The minimum absolute atomic E-state index is 0.0947. The normalized spacial score (nSPS) is 18.2. The van der Waals surface area contributed by atoms with Crippen molar-refractivity contribution in [2.45, 2.75) is 39.4 Å². The van der Waals surface area contributed by atoms with Gasteiger partial charge in [0, 0.05) is 17.4 Å².